The molecule has 0 spiro atoms. The Hall–Kier alpha value is -0.190. The molecule has 110 valence electrons. The summed E-state index contributed by atoms with van der Waals surface area (Å²) in [7, 11) is 0. The summed E-state index contributed by atoms with van der Waals surface area (Å²) >= 11 is 11.2. The summed E-state index contributed by atoms with van der Waals surface area (Å²) in [5.74, 6) is -0.0347. The Balaban J connectivity index is 2.00. The smallest absolute Gasteiger partial charge is 0.252 e. The predicted molar refractivity (Wildman–Crippen MR) is 90.8 cm³/mol. The van der Waals surface area contributed by atoms with Gasteiger partial charge in [0.15, 0.2) is 0 Å². The third kappa shape index (κ3) is 3.92. The molecule has 5 heteroatoms. The highest BCUT2D eigenvalue weighted by molar-refractivity contribution is 9.10. The van der Waals surface area contributed by atoms with Crippen LogP contribution in [0.4, 0.5) is 0 Å². The lowest BCUT2D eigenvalue weighted by Gasteiger charge is -2.35. The van der Waals surface area contributed by atoms with Gasteiger partial charge in [0.1, 0.15) is 0 Å². The number of amides is 1. The van der Waals surface area contributed by atoms with Crippen molar-refractivity contribution in [2.75, 3.05) is 12.8 Å². The molecule has 1 aromatic carbocycles. The molecule has 1 amide bonds. The van der Waals surface area contributed by atoms with E-state index in [1.54, 1.807) is 18.2 Å². The van der Waals surface area contributed by atoms with Crippen LogP contribution < -0.4 is 5.32 Å². The zero-order valence-electron chi connectivity index (χ0n) is 11.5. The first-order valence-electron chi connectivity index (χ1n) is 6.85. The van der Waals surface area contributed by atoms with Crippen LogP contribution in [-0.4, -0.2) is 23.5 Å². The maximum Gasteiger partial charge on any atom is 0.252 e. The van der Waals surface area contributed by atoms with Gasteiger partial charge in [0, 0.05) is 20.8 Å². The Morgan fingerprint density at radius 2 is 2.10 bits per heavy atom. The molecule has 0 saturated heterocycles. The molecule has 2 rings (SSSR count). The molecule has 1 saturated carbocycles. The van der Waals surface area contributed by atoms with Crippen molar-refractivity contribution in [2.24, 2.45) is 0 Å². The number of thioether (sulfide) groups is 1. The summed E-state index contributed by atoms with van der Waals surface area (Å²) in [5, 5.41) is 3.71. The van der Waals surface area contributed by atoms with Crippen LogP contribution in [0.5, 0.6) is 0 Å². The molecular weight excluding hydrogens is 358 g/mol. The topological polar surface area (TPSA) is 29.1 Å². The highest BCUT2D eigenvalue weighted by Crippen LogP contribution is 2.38. The number of rotatable bonds is 4. The number of nitrogens with one attached hydrogen (secondary N) is 1. The van der Waals surface area contributed by atoms with Crippen LogP contribution in [0.25, 0.3) is 0 Å². The predicted octanol–water partition coefficient (Wildman–Crippen LogP) is 4.90. The van der Waals surface area contributed by atoms with Gasteiger partial charge in [0.05, 0.1) is 5.56 Å². The monoisotopic (exact) mass is 375 g/mol. The number of benzene rings is 1. The van der Waals surface area contributed by atoms with E-state index in [9.17, 15) is 4.79 Å². The second kappa shape index (κ2) is 7.19. The van der Waals surface area contributed by atoms with Gasteiger partial charge in [-0.2, -0.15) is 11.8 Å². The molecular formula is C15H19BrClNOS. The average molecular weight is 377 g/mol. The average Bonchev–Trinajstić information content (AvgIpc) is 2.46. The van der Waals surface area contributed by atoms with E-state index in [4.69, 9.17) is 11.6 Å². The molecule has 1 N–H and O–H groups in total. The third-order valence-corrected chi connectivity index (χ3v) is 6.25. The second-order valence-corrected chi connectivity index (χ2v) is 7.82. The molecule has 1 aromatic rings. The van der Waals surface area contributed by atoms with Crippen molar-refractivity contribution >= 4 is 45.2 Å². The van der Waals surface area contributed by atoms with Gasteiger partial charge >= 0.3 is 0 Å². The summed E-state index contributed by atoms with van der Waals surface area (Å²) in [5.41, 5.74) is 0.640. The minimum Gasteiger partial charge on any atom is -0.351 e. The van der Waals surface area contributed by atoms with E-state index in [0.29, 0.717) is 10.6 Å². The number of carbonyl (C=O) groups is 1. The van der Waals surface area contributed by atoms with Gasteiger partial charge in [-0.25, -0.2) is 0 Å². The Morgan fingerprint density at radius 1 is 1.40 bits per heavy atom. The SMILES string of the molecule is CSC1(CNC(=O)c2ccc(Cl)cc2Br)CCCCC1. The fourth-order valence-electron chi connectivity index (χ4n) is 2.66. The lowest BCUT2D eigenvalue weighted by Crippen LogP contribution is -2.41. The van der Waals surface area contributed by atoms with Gasteiger partial charge < -0.3 is 5.32 Å². The van der Waals surface area contributed by atoms with Crippen LogP contribution in [0.2, 0.25) is 5.02 Å². The van der Waals surface area contributed by atoms with E-state index in [-0.39, 0.29) is 10.7 Å². The Labute approximate surface area is 138 Å². The molecule has 20 heavy (non-hydrogen) atoms. The second-order valence-electron chi connectivity index (χ2n) is 5.25. The molecule has 0 aromatic heterocycles. The zero-order valence-corrected chi connectivity index (χ0v) is 14.7. The summed E-state index contributed by atoms with van der Waals surface area (Å²) in [6.07, 6.45) is 8.38. The molecule has 0 atom stereocenters. The van der Waals surface area contributed by atoms with Crippen molar-refractivity contribution in [1.82, 2.24) is 5.32 Å². The van der Waals surface area contributed by atoms with Gasteiger partial charge in [-0.15, -0.1) is 0 Å². The molecule has 0 aliphatic heterocycles. The maximum absolute atomic E-state index is 12.3. The first-order chi connectivity index (χ1) is 9.56. The minimum absolute atomic E-state index is 0.0347. The standard InChI is InChI=1S/C15H19BrClNOS/c1-20-15(7-3-2-4-8-15)10-18-14(19)12-6-5-11(17)9-13(12)16/h5-6,9H,2-4,7-8,10H2,1H3,(H,18,19). The molecule has 1 aliphatic carbocycles. The quantitative estimate of drug-likeness (QED) is 0.810. The Morgan fingerprint density at radius 3 is 2.70 bits per heavy atom. The summed E-state index contributed by atoms with van der Waals surface area (Å²) in [4.78, 5) is 12.3. The van der Waals surface area contributed by atoms with Crippen molar-refractivity contribution in [1.29, 1.82) is 0 Å². The molecule has 1 aliphatic rings. The van der Waals surface area contributed by atoms with Gasteiger partial charge in [-0.1, -0.05) is 30.9 Å². The summed E-state index contributed by atoms with van der Waals surface area (Å²) < 4.78 is 0.955. The van der Waals surface area contributed by atoms with E-state index in [1.807, 2.05) is 11.8 Å². The molecule has 0 radical (unpaired) electrons. The zero-order chi connectivity index (χ0) is 14.6. The maximum atomic E-state index is 12.3. The van der Waals surface area contributed by atoms with Crippen molar-refractivity contribution in [2.45, 2.75) is 36.9 Å². The molecule has 0 heterocycles. The lowest BCUT2D eigenvalue weighted by atomic mass is 9.88. The van der Waals surface area contributed by atoms with Crippen LogP contribution in [0, 0.1) is 0 Å². The highest BCUT2D eigenvalue weighted by atomic mass is 79.9. The van der Waals surface area contributed by atoms with E-state index >= 15 is 0 Å². The highest BCUT2D eigenvalue weighted by Gasteiger charge is 2.31. The fraction of sp³-hybridized carbons (Fsp3) is 0.533. The van der Waals surface area contributed by atoms with Crippen LogP contribution >= 0.6 is 39.3 Å². The van der Waals surface area contributed by atoms with Crippen molar-refractivity contribution in [3.05, 3.63) is 33.3 Å². The van der Waals surface area contributed by atoms with Crippen molar-refractivity contribution < 1.29 is 4.79 Å². The van der Waals surface area contributed by atoms with Crippen LogP contribution in [0.3, 0.4) is 0 Å². The number of halogens is 2. The van der Waals surface area contributed by atoms with E-state index < -0.39 is 0 Å². The van der Waals surface area contributed by atoms with Crippen LogP contribution in [0.1, 0.15) is 42.5 Å². The number of carbonyl (C=O) groups excluding carboxylic acids is 1. The fourth-order valence-corrected chi connectivity index (χ4v) is 4.44. The van der Waals surface area contributed by atoms with Gasteiger partial charge in [-0.3, -0.25) is 4.79 Å². The van der Waals surface area contributed by atoms with E-state index in [1.165, 1.54) is 32.1 Å². The largest absolute Gasteiger partial charge is 0.351 e. The number of hydrogen-bond donors (Lipinski definition) is 1. The van der Waals surface area contributed by atoms with Crippen molar-refractivity contribution in [3.63, 3.8) is 0 Å². The Kier molecular flexibility index (Phi) is 5.82. The van der Waals surface area contributed by atoms with E-state index in [2.05, 4.69) is 27.5 Å². The molecule has 0 unspecified atom stereocenters. The van der Waals surface area contributed by atoms with Gasteiger partial charge in [-0.05, 0) is 53.2 Å². The summed E-state index contributed by atoms with van der Waals surface area (Å²) in [6.45, 7) is 0.738. The number of hydrogen-bond acceptors (Lipinski definition) is 2. The Bertz CT molecular complexity index is 489. The minimum atomic E-state index is -0.0347. The van der Waals surface area contributed by atoms with Gasteiger partial charge in [0.25, 0.3) is 5.91 Å². The normalized spacial score (nSPS) is 17.8. The van der Waals surface area contributed by atoms with Crippen LogP contribution in [0.15, 0.2) is 22.7 Å². The first kappa shape index (κ1) is 16.2. The van der Waals surface area contributed by atoms with Gasteiger partial charge in [0.2, 0.25) is 0 Å². The van der Waals surface area contributed by atoms with Crippen LogP contribution in [-0.2, 0) is 0 Å². The first-order valence-corrected chi connectivity index (χ1v) is 9.24. The third-order valence-electron chi connectivity index (χ3n) is 3.94. The molecule has 0 bridgehead atoms. The molecule has 2 nitrogen and oxygen atoms in total. The van der Waals surface area contributed by atoms with Crippen molar-refractivity contribution in [3.8, 4) is 0 Å². The lowest BCUT2D eigenvalue weighted by molar-refractivity contribution is 0.0946. The summed E-state index contributed by atoms with van der Waals surface area (Å²) in [6, 6.07) is 5.25. The van der Waals surface area contributed by atoms with E-state index in [0.717, 1.165) is 11.0 Å². The molecule has 1 fully saturated rings.